The van der Waals surface area contributed by atoms with Gasteiger partial charge in [0.2, 0.25) is 0 Å². The molecule has 0 bridgehead atoms. The Kier molecular flexibility index (Phi) is 6.65. The molecule has 33 heavy (non-hydrogen) atoms. The van der Waals surface area contributed by atoms with Gasteiger partial charge in [0.25, 0.3) is 5.56 Å². The van der Waals surface area contributed by atoms with Crippen molar-refractivity contribution in [2.75, 3.05) is 7.11 Å². The molecule has 7 nitrogen and oxygen atoms in total. The van der Waals surface area contributed by atoms with Crippen molar-refractivity contribution < 1.29 is 14.3 Å². The first-order valence-electron chi connectivity index (χ1n) is 10.2. The van der Waals surface area contributed by atoms with Gasteiger partial charge < -0.3 is 9.47 Å². The van der Waals surface area contributed by atoms with Gasteiger partial charge >= 0.3 is 5.97 Å². The monoisotopic (exact) mass is 505 g/mol. The summed E-state index contributed by atoms with van der Waals surface area (Å²) in [6.45, 7) is 1.91. The van der Waals surface area contributed by atoms with E-state index in [9.17, 15) is 9.59 Å². The molecule has 3 aromatic carbocycles. The van der Waals surface area contributed by atoms with E-state index in [1.165, 1.54) is 10.9 Å². The number of esters is 1. The molecule has 4 rings (SSSR count). The van der Waals surface area contributed by atoms with Gasteiger partial charge in [-0.3, -0.25) is 4.79 Å². The molecule has 0 aliphatic carbocycles. The van der Waals surface area contributed by atoms with Crippen LogP contribution in [0.25, 0.3) is 10.9 Å². The molecule has 0 spiro atoms. The summed E-state index contributed by atoms with van der Waals surface area (Å²) in [5.41, 5.74) is 1.26. The number of carbonyl (C=O) groups is 1. The highest BCUT2D eigenvalue weighted by Gasteiger charge is 2.13. The van der Waals surface area contributed by atoms with E-state index in [-0.39, 0.29) is 5.56 Å². The highest BCUT2D eigenvalue weighted by atomic mass is 79.9. The molecule has 0 atom stereocenters. The maximum atomic E-state index is 13.0. The second kappa shape index (κ2) is 9.79. The van der Waals surface area contributed by atoms with Crippen molar-refractivity contribution in [3.63, 3.8) is 0 Å². The van der Waals surface area contributed by atoms with Crippen LogP contribution in [-0.2, 0) is 6.42 Å². The van der Waals surface area contributed by atoms with E-state index in [4.69, 9.17) is 9.47 Å². The lowest BCUT2D eigenvalue weighted by molar-refractivity contribution is 0.0734. The van der Waals surface area contributed by atoms with Crippen molar-refractivity contribution in [1.82, 2.24) is 9.66 Å². The van der Waals surface area contributed by atoms with Crippen molar-refractivity contribution in [2.24, 2.45) is 5.10 Å². The van der Waals surface area contributed by atoms with E-state index in [0.717, 1.165) is 4.47 Å². The van der Waals surface area contributed by atoms with Gasteiger partial charge in [0.15, 0.2) is 0 Å². The minimum atomic E-state index is -0.520. The molecule has 0 saturated heterocycles. The number of hydrogen-bond acceptors (Lipinski definition) is 6. The normalized spacial score (nSPS) is 11.1. The summed E-state index contributed by atoms with van der Waals surface area (Å²) in [6.07, 6.45) is 2.01. The molecule has 0 amide bonds. The summed E-state index contributed by atoms with van der Waals surface area (Å²) in [7, 11) is 1.56. The van der Waals surface area contributed by atoms with Crippen LogP contribution in [0.15, 0.2) is 81.1 Å². The standard InChI is InChI=1S/C25H20BrN3O4/c1-3-23-28-21-7-5-4-6-20(21)24(30)29(23)27-15-17-14-18(26)10-13-22(17)33-25(31)16-8-11-19(32-2)12-9-16/h4-15H,3H2,1-2H3. The van der Waals surface area contributed by atoms with E-state index in [2.05, 4.69) is 26.0 Å². The van der Waals surface area contributed by atoms with Gasteiger partial charge in [0, 0.05) is 16.5 Å². The summed E-state index contributed by atoms with van der Waals surface area (Å²) >= 11 is 3.43. The topological polar surface area (TPSA) is 82.8 Å². The lowest BCUT2D eigenvalue weighted by Crippen LogP contribution is -2.22. The molecule has 0 aliphatic rings. The third kappa shape index (κ3) is 4.85. The van der Waals surface area contributed by atoms with Crippen LogP contribution in [0.4, 0.5) is 0 Å². The number of benzene rings is 3. The Hall–Kier alpha value is -3.78. The largest absolute Gasteiger partial charge is 0.497 e. The van der Waals surface area contributed by atoms with Crippen LogP contribution in [0, 0.1) is 0 Å². The predicted molar refractivity (Wildman–Crippen MR) is 130 cm³/mol. The maximum Gasteiger partial charge on any atom is 0.343 e. The SMILES string of the molecule is CCc1nc2ccccc2c(=O)n1N=Cc1cc(Br)ccc1OC(=O)c1ccc(OC)cc1. The smallest absolute Gasteiger partial charge is 0.343 e. The van der Waals surface area contributed by atoms with Gasteiger partial charge in [0.1, 0.15) is 17.3 Å². The van der Waals surface area contributed by atoms with E-state index >= 15 is 0 Å². The maximum absolute atomic E-state index is 13.0. The van der Waals surface area contributed by atoms with Gasteiger partial charge in [0.05, 0.1) is 29.8 Å². The fourth-order valence-corrected chi connectivity index (χ4v) is 3.62. The Labute approximate surface area is 198 Å². The second-order valence-corrected chi connectivity index (χ2v) is 7.98. The van der Waals surface area contributed by atoms with E-state index in [1.807, 2.05) is 13.0 Å². The van der Waals surface area contributed by atoms with Crippen molar-refractivity contribution in [3.8, 4) is 11.5 Å². The number of methoxy groups -OCH3 is 1. The first-order valence-corrected chi connectivity index (χ1v) is 11.0. The van der Waals surface area contributed by atoms with Crippen LogP contribution in [0.1, 0.15) is 28.7 Å². The average Bonchev–Trinajstić information content (AvgIpc) is 2.84. The molecule has 0 fully saturated rings. The summed E-state index contributed by atoms with van der Waals surface area (Å²) in [6, 6.07) is 19.0. The Morgan fingerprint density at radius 2 is 1.88 bits per heavy atom. The number of rotatable bonds is 6. The third-order valence-corrected chi connectivity index (χ3v) is 5.44. The van der Waals surface area contributed by atoms with Crippen LogP contribution in [0.2, 0.25) is 0 Å². The van der Waals surface area contributed by atoms with Gasteiger partial charge in [-0.2, -0.15) is 9.78 Å². The number of halogens is 1. The zero-order chi connectivity index (χ0) is 23.4. The van der Waals surface area contributed by atoms with E-state index in [0.29, 0.717) is 45.8 Å². The van der Waals surface area contributed by atoms with Crippen molar-refractivity contribution in [1.29, 1.82) is 0 Å². The van der Waals surface area contributed by atoms with Crippen LogP contribution >= 0.6 is 15.9 Å². The van der Waals surface area contributed by atoms with Crippen molar-refractivity contribution in [3.05, 3.63) is 98.5 Å². The number of nitrogens with zero attached hydrogens (tertiary/aromatic N) is 3. The first kappa shape index (κ1) is 22.4. The third-order valence-electron chi connectivity index (χ3n) is 4.95. The molecule has 0 unspecified atom stereocenters. The molecule has 0 saturated carbocycles. The first-order chi connectivity index (χ1) is 16.0. The average molecular weight is 506 g/mol. The molecule has 8 heteroatoms. The summed E-state index contributed by atoms with van der Waals surface area (Å²) in [5, 5.41) is 4.87. The highest BCUT2D eigenvalue weighted by Crippen LogP contribution is 2.23. The molecule has 1 aromatic heterocycles. The molecule has 0 radical (unpaired) electrons. The number of aromatic nitrogens is 2. The molecule has 166 valence electrons. The Morgan fingerprint density at radius 1 is 1.12 bits per heavy atom. The van der Waals surface area contributed by atoms with Gasteiger partial charge in [-0.1, -0.05) is 35.0 Å². The lowest BCUT2D eigenvalue weighted by Gasteiger charge is -2.10. The zero-order valence-electron chi connectivity index (χ0n) is 18.0. The van der Waals surface area contributed by atoms with E-state index in [1.54, 1.807) is 67.8 Å². The number of aryl methyl sites for hydroxylation is 1. The van der Waals surface area contributed by atoms with Crippen molar-refractivity contribution in [2.45, 2.75) is 13.3 Å². The molecular weight excluding hydrogens is 486 g/mol. The number of carbonyl (C=O) groups excluding carboxylic acids is 1. The molecule has 0 N–H and O–H groups in total. The number of ether oxygens (including phenoxy) is 2. The molecule has 0 aliphatic heterocycles. The fourth-order valence-electron chi connectivity index (χ4n) is 3.24. The number of para-hydroxylation sites is 1. The molecule has 1 heterocycles. The van der Waals surface area contributed by atoms with Gasteiger partial charge in [-0.25, -0.2) is 9.78 Å². The predicted octanol–water partition coefficient (Wildman–Crippen LogP) is 4.83. The minimum Gasteiger partial charge on any atom is -0.497 e. The van der Waals surface area contributed by atoms with Crippen LogP contribution < -0.4 is 15.0 Å². The fraction of sp³-hybridized carbons (Fsp3) is 0.120. The Bertz CT molecular complexity index is 1410. The minimum absolute atomic E-state index is 0.263. The summed E-state index contributed by atoms with van der Waals surface area (Å²) in [5.74, 6) is 0.960. The lowest BCUT2D eigenvalue weighted by atomic mass is 10.2. The van der Waals surface area contributed by atoms with Crippen LogP contribution in [0.3, 0.4) is 0 Å². The summed E-state index contributed by atoms with van der Waals surface area (Å²) < 4.78 is 12.8. The quantitative estimate of drug-likeness (QED) is 0.213. The number of hydrogen-bond donors (Lipinski definition) is 0. The van der Waals surface area contributed by atoms with E-state index < -0.39 is 5.97 Å². The molecular formula is C25H20BrN3O4. The van der Waals surface area contributed by atoms with Gasteiger partial charge in [-0.15, -0.1) is 0 Å². The highest BCUT2D eigenvalue weighted by molar-refractivity contribution is 9.10. The van der Waals surface area contributed by atoms with Crippen LogP contribution in [0.5, 0.6) is 11.5 Å². The zero-order valence-corrected chi connectivity index (χ0v) is 19.6. The van der Waals surface area contributed by atoms with Crippen LogP contribution in [-0.4, -0.2) is 29.0 Å². The number of fused-ring (bicyclic) bond motifs is 1. The summed E-state index contributed by atoms with van der Waals surface area (Å²) in [4.78, 5) is 30.2. The Balaban J connectivity index is 1.69. The van der Waals surface area contributed by atoms with Gasteiger partial charge in [-0.05, 0) is 54.6 Å². The molecule has 4 aromatic rings. The second-order valence-electron chi connectivity index (χ2n) is 7.06. The van der Waals surface area contributed by atoms with Crippen molar-refractivity contribution >= 4 is 39.0 Å². The Morgan fingerprint density at radius 3 is 2.61 bits per heavy atom.